The maximum Gasteiger partial charge on any atom is 0.291 e. The van der Waals surface area contributed by atoms with E-state index in [0.717, 1.165) is 21.2 Å². The van der Waals surface area contributed by atoms with Gasteiger partial charge in [-0.3, -0.25) is 4.79 Å². The van der Waals surface area contributed by atoms with E-state index in [1.165, 1.54) is 0 Å². The molecule has 1 N–H and O–H groups in total. The van der Waals surface area contributed by atoms with E-state index in [2.05, 4.69) is 5.32 Å². The molecule has 0 aliphatic heterocycles. The summed E-state index contributed by atoms with van der Waals surface area (Å²) in [6.07, 6.45) is 0. The number of hydrogen-bond donors (Lipinski definition) is 1. The van der Waals surface area contributed by atoms with Gasteiger partial charge in [0.15, 0.2) is 5.76 Å². The summed E-state index contributed by atoms with van der Waals surface area (Å²) in [5.74, 6) is 1.93. The molecule has 1 amide bonds. The van der Waals surface area contributed by atoms with E-state index in [4.69, 9.17) is 13.9 Å². The monoisotopic (exact) mass is 431 g/mol. The molecule has 0 unspecified atom stereocenters. The smallest absolute Gasteiger partial charge is 0.291 e. The summed E-state index contributed by atoms with van der Waals surface area (Å²) < 4.78 is 16.5. The van der Waals surface area contributed by atoms with Gasteiger partial charge in [0.1, 0.15) is 23.9 Å². The molecular formula is C25H21NO4S. The molecule has 5 nitrogen and oxygen atoms in total. The van der Waals surface area contributed by atoms with Gasteiger partial charge in [-0.15, -0.1) is 0 Å². The quantitative estimate of drug-likeness (QED) is 0.356. The summed E-state index contributed by atoms with van der Waals surface area (Å²) in [6.45, 7) is 0.222. The number of rotatable bonds is 8. The molecule has 6 heteroatoms. The van der Waals surface area contributed by atoms with Crippen LogP contribution in [0.3, 0.4) is 0 Å². The highest BCUT2D eigenvalue weighted by atomic mass is 32.2. The average molecular weight is 432 g/mol. The van der Waals surface area contributed by atoms with Crippen molar-refractivity contribution in [3.05, 3.63) is 103 Å². The number of methoxy groups -OCH3 is 1. The fourth-order valence-electron chi connectivity index (χ4n) is 2.86. The molecule has 1 aromatic heterocycles. The highest BCUT2D eigenvalue weighted by Crippen LogP contribution is 2.33. The van der Waals surface area contributed by atoms with Crippen LogP contribution in [0.5, 0.6) is 11.5 Å². The number of amides is 1. The SMILES string of the molecule is COc1ccc(OCc2ccc(C(=O)Nc3ccccc3Sc3ccccc3)o2)cc1. The lowest BCUT2D eigenvalue weighted by atomic mass is 10.3. The fourth-order valence-corrected chi connectivity index (χ4v) is 3.79. The lowest BCUT2D eigenvalue weighted by Crippen LogP contribution is -2.11. The maximum absolute atomic E-state index is 12.7. The molecule has 0 aliphatic carbocycles. The van der Waals surface area contributed by atoms with Crippen molar-refractivity contribution in [2.24, 2.45) is 0 Å². The zero-order valence-electron chi connectivity index (χ0n) is 16.9. The summed E-state index contributed by atoms with van der Waals surface area (Å²) in [5, 5.41) is 2.94. The summed E-state index contributed by atoms with van der Waals surface area (Å²) >= 11 is 1.59. The Kier molecular flexibility index (Phi) is 6.59. The average Bonchev–Trinajstić information content (AvgIpc) is 3.29. The van der Waals surface area contributed by atoms with Crippen LogP contribution in [-0.4, -0.2) is 13.0 Å². The molecule has 0 atom stereocenters. The minimum Gasteiger partial charge on any atom is -0.497 e. The van der Waals surface area contributed by atoms with Gasteiger partial charge in [-0.05, 0) is 60.7 Å². The van der Waals surface area contributed by atoms with Gasteiger partial charge < -0.3 is 19.2 Å². The molecule has 0 fully saturated rings. The van der Waals surface area contributed by atoms with Gasteiger partial charge in [-0.1, -0.05) is 42.1 Å². The first-order chi connectivity index (χ1) is 15.2. The Bertz CT molecular complexity index is 1140. The first-order valence-corrected chi connectivity index (χ1v) is 10.5. The molecule has 4 rings (SSSR count). The van der Waals surface area contributed by atoms with Crippen LogP contribution in [0, 0.1) is 0 Å². The van der Waals surface area contributed by atoms with E-state index in [0.29, 0.717) is 11.5 Å². The third-order valence-corrected chi connectivity index (χ3v) is 5.52. The Labute approximate surface area is 185 Å². The van der Waals surface area contributed by atoms with Crippen molar-refractivity contribution in [1.29, 1.82) is 0 Å². The molecule has 4 aromatic rings. The van der Waals surface area contributed by atoms with E-state index in [9.17, 15) is 4.79 Å². The standard InChI is InChI=1S/C25H21NO4S/c1-28-18-11-13-19(14-12-18)29-17-20-15-16-23(30-20)25(27)26-22-9-5-6-10-24(22)31-21-7-3-2-4-8-21/h2-16H,17H2,1H3,(H,26,27). The lowest BCUT2D eigenvalue weighted by molar-refractivity contribution is 0.0992. The van der Waals surface area contributed by atoms with Gasteiger partial charge in [0.05, 0.1) is 12.8 Å². The second kappa shape index (κ2) is 9.91. The van der Waals surface area contributed by atoms with Crippen LogP contribution in [0.1, 0.15) is 16.3 Å². The number of carbonyl (C=O) groups excluding carboxylic acids is 1. The number of nitrogens with one attached hydrogen (secondary N) is 1. The lowest BCUT2D eigenvalue weighted by Gasteiger charge is -2.10. The summed E-state index contributed by atoms with van der Waals surface area (Å²) in [7, 11) is 1.62. The number of carbonyl (C=O) groups is 1. The minimum absolute atomic E-state index is 0.222. The number of ether oxygens (including phenoxy) is 2. The van der Waals surface area contributed by atoms with Crippen LogP contribution < -0.4 is 14.8 Å². The molecule has 0 saturated carbocycles. The van der Waals surface area contributed by atoms with E-state index < -0.39 is 0 Å². The van der Waals surface area contributed by atoms with Crippen molar-refractivity contribution in [1.82, 2.24) is 0 Å². The Hall–Kier alpha value is -3.64. The Morgan fingerprint density at radius 2 is 1.58 bits per heavy atom. The van der Waals surface area contributed by atoms with Crippen LogP contribution in [0.2, 0.25) is 0 Å². The topological polar surface area (TPSA) is 60.7 Å². The van der Waals surface area contributed by atoms with E-state index in [-0.39, 0.29) is 18.3 Å². The zero-order chi connectivity index (χ0) is 21.5. The molecule has 156 valence electrons. The number of para-hydroxylation sites is 1. The van der Waals surface area contributed by atoms with E-state index in [1.807, 2.05) is 78.9 Å². The van der Waals surface area contributed by atoms with Gasteiger partial charge in [0, 0.05) is 9.79 Å². The minimum atomic E-state index is -0.309. The Morgan fingerprint density at radius 3 is 2.35 bits per heavy atom. The maximum atomic E-state index is 12.7. The molecule has 0 saturated heterocycles. The normalized spacial score (nSPS) is 10.5. The van der Waals surface area contributed by atoms with Crippen LogP contribution in [0.15, 0.2) is 105 Å². The number of benzene rings is 3. The third-order valence-electron chi connectivity index (χ3n) is 4.43. The van der Waals surface area contributed by atoms with Crippen LogP contribution in [0.4, 0.5) is 5.69 Å². The molecule has 0 bridgehead atoms. The second-order valence-corrected chi connectivity index (χ2v) is 7.71. The first kappa shape index (κ1) is 20.6. The summed E-state index contributed by atoms with van der Waals surface area (Å²) in [5.41, 5.74) is 0.730. The number of hydrogen-bond acceptors (Lipinski definition) is 5. The van der Waals surface area contributed by atoms with E-state index in [1.54, 1.807) is 31.0 Å². The Morgan fingerprint density at radius 1 is 0.871 bits per heavy atom. The first-order valence-electron chi connectivity index (χ1n) is 9.70. The third kappa shape index (κ3) is 5.49. The highest BCUT2D eigenvalue weighted by molar-refractivity contribution is 7.99. The molecule has 0 radical (unpaired) electrons. The molecule has 0 spiro atoms. The molecule has 3 aromatic carbocycles. The van der Waals surface area contributed by atoms with Crippen molar-refractivity contribution in [2.75, 3.05) is 12.4 Å². The predicted molar refractivity (Wildman–Crippen MR) is 121 cm³/mol. The van der Waals surface area contributed by atoms with Crippen molar-refractivity contribution < 1.29 is 18.7 Å². The highest BCUT2D eigenvalue weighted by Gasteiger charge is 2.14. The van der Waals surface area contributed by atoms with Gasteiger partial charge >= 0.3 is 0 Å². The Balaban J connectivity index is 1.39. The fraction of sp³-hybridized carbons (Fsp3) is 0.0800. The molecule has 31 heavy (non-hydrogen) atoms. The van der Waals surface area contributed by atoms with Crippen molar-refractivity contribution >= 4 is 23.4 Å². The number of anilines is 1. The zero-order valence-corrected chi connectivity index (χ0v) is 17.7. The molecule has 1 heterocycles. The van der Waals surface area contributed by atoms with Gasteiger partial charge in [-0.2, -0.15) is 0 Å². The van der Waals surface area contributed by atoms with Crippen molar-refractivity contribution in [2.45, 2.75) is 16.4 Å². The summed E-state index contributed by atoms with van der Waals surface area (Å²) in [6, 6.07) is 28.4. The van der Waals surface area contributed by atoms with Crippen molar-refractivity contribution in [3.63, 3.8) is 0 Å². The van der Waals surface area contributed by atoms with Gasteiger partial charge in [0.2, 0.25) is 0 Å². The molecular weight excluding hydrogens is 410 g/mol. The van der Waals surface area contributed by atoms with Gasteiger partial charge in [0.25, 0.3) is 5.91 Å². The van der Waals surface area contributed by atoms with Crippen LogP contribution in [-0.2, 0) is 6.61 Å². The van der Waals surface area contributed by atoms with Crippen LogP contribution >= 0.6 is 11.8 Å². The predicted octanol–water partition coefficient (Wildman–Crippen LogP) is 6.27. The van der Waals surface area contributed by atoms with E-state index >= 15 is 0 Å². The molecule has 0 aliphatic rings. The van der Waals surface area contributed by atoms with Crippen LogP contribution in [0.25, 0.3) is 0 Å². The second-order valence-electron chi connectivity index (χ2n) is 6.60. The summed E-state index contributed by atoms with van der Waals surface area (Å²) in [4.78, 5) is 14.8. The van der Waals surface area contributed by atoms with Crippen molar-refractivity contribution in [3.8, 4) is 11.5 Å². The number of furan rings is 1. The largest absolute Gasteiger partial charge is 0.497 e. The van der Waals surface area contributed by atoms with Gasteiger partial charge in [-0.25, -0.2) is 0 Å².